The molecule has 1 atom stereocenters. The van der Waals surface area contributed by atoms with Gasteiger partial charge in [-0.25, -0.2) is 0 Å². The summed E-state index contributed by atoms with van der Waals surface area (Å²) in [6, 6.07) is 0. The van der Waals surface area contributed by atoms with E-state index >= 15 is 0 Å². The maximum Gasteiger partial charge on any atom is 0.191 e. The Morgan fingerprint density at radius 3 is 2.53 bits per heavy atom. The maximum atomic E-state index is 11.4. The van der Waals surface area contributed by atoms with Gasteiger partial charge >= 0.3 is 0 Å². The van der Waals surface area contributed by atoms with Crippen LogP contribution in [0.4, 0.5) is 0 Å². The fourth-order valence-corrected chi connectivity index (χ4v) is 3.53. The number of carbonyl (C=O) groups excluding carboxylic acids is 1. The average molecular weight is 285 g/mol. The van der Waals surface area contributed by atoms with Gasteiger partial charge in [-0.3, -0.25) is 4.79 Å². The molecule has 0 N–H and O–H groups in total. The molecule has 0 radical (unpaired) electrons. The summed E-state index contributed by atoms with van der Waals surface area (Å²) >= 11 is 0. The summed E-state index contributed by atoms with van der Waals surface area (Å²) < 4.78 is 6.18. The highest BCUT2D eigenvalue weighted by Gasteiger charge is 2.36. The molecule has 3 heteroatoms. The summed E-state index contributed by atoms with van der Waals surface area (Å²) in [6.45, 7) is 12.4. The molecule has 0 aromatic carbocycles. The van der Waals surface area contributed by atoms with Crippen molar-refractivity contribution in [3.8, 4) is 0 Å². The lowest BCUT2D eigenvalue weighted by atomic mass is 9.85. The molecule has 0 aliphatic heterocycles. The first-order chi connectivity index (χ1) is 8.72. The van der Waals surface area contributed by atoms with Crippen molar-refractivity contribution >= 4 is 14.1 Å². The van der Waals surface area contributed by atoms with E-state index in [9.17, 15) is 4.79 Å². The summed E-state index contributed by atoms with van der Waals surface area (Å²) in [5.41, 5.74) is 0. The molecule has 0 spiro atoms. The Hall–Kier alpha value is -0.153. The van der Waals surface area contributed by atoms with Crippen LogP contribution in [0.5, 0.6) is 0 Å². The molecule has 0 aromatic heterocycles. The Morgan fingerprint density at radius 2 is 1.95 bits per heavy atom. The van der Waals surface area contributed by atoms with Crippen LogP contribution in [-0.4, -0.2) is 20.7 Å². The van der Waals surface area contributed by atoms with Gasteiger partial charge in [-0.15, -0.1) is 0 Å². The summed E-state index contributed by atoms with van der Waals surface area (Å²) in [6.07, 6.45) is 7.61. The molecule has 1 saturated carbocycles. The van der Waals surface area contributed by atoms with E-state index in [0.29, 0.717) is 16.7 Å². The van der Waals surface area contributed by atoms with Crippen LogP contribution < -0.4 is 0 Å². The zero-order valence-corrected chi connectivity index (χ0v) is 14.6. The van der Waals surface area contributed by atoms with E-state index in [1.165, 1.54) is 19.3 Å². The Labute approximate surface area is 120 Å². The largest absolute Gasteiger partial charge is 0.417 e. The molecule has 112 valence electrons. The van der Waals surface area contributed by atoms with E-state index in [1.807, 2.05) is 0 Å². The van der Waals surface area contributed by atoms with Crippen molar-refractivity contribution < 1.29 is 9.22 Å². The standard InChI is InChI=1S/C16H32O2Si/c1-16(2,3)19(4,5)18-12-7-6-9-14-10-8-11-15(17)13-14/h14H,6-13H2,1-5H3. The monoisotopic (exact) mass is 284 g/mol. The van der Waals surface area contributed by atoms with Gasteiger partial charge in [0.15, 0.2) is 8.32 Å². The van der Waals surface area contributed by atoms with E-state index in [-0.39, 0.29) is 0 Å². The number of ketones is 1. The molecule has 1 rings (SSSR count). The first kappa shape index (κ1) is 16.9. The number of rotatable bonds is 6. The predicted octanol–water partition coefficient (Wildman–Crippen LogP) is 4.94. The first-order valence-corrected chi connectivity index (χ1v) is 10.8. The van der Waals surface area contributed by atoms with E-state index in [0.717, 1.165) is 32.3 Å². The number of hydrogen-bond acceptors (Lipinski definition) is 2. The number of carbonyl (C=O) groups is 1. The molecular formula is C16H32O2Si. The summed E-state index contributed by atoms with van der Waals surface area (Å²) in [5.74, 6) is 1.14. The van der Waals surface area contributed by atoms with Crippen LogP contribution in [0, 0.1) is 5.92 Å². The average Bonchev–Trinajstić information content (AvgIpc) is 2.27. The lowest BCUT2D eigenvalue weighted by molar-refractivity contribution is -0.121. The molecule has 0 heterocycles. The molecular weight excluding hydrogens is 252 g/mol. The molecule has 1 aliphatic rings. The first-order valence-electron chi connectivity index (χ1n) is 7.88. The third-order valence-electron chi connectivity index (χ3n) is 4.86. The van der Waals surface area contributed by atoms with Gasteiger partial charge in [-0.05, 0) is 49.7 Å². The minimum atomic E-state index is -1.56. The number of unbranched alkanes of at least 4 members (excludes halogenated alkanes) is 1. The molecule has 19 heavy (non-hydrogen) atoms. The lowest BCUT2D eigenvalue weighted by Crippen LogP contribution is -2.40. The summed E-state index contributed by atoms with van der Waals surface area (Å²) in [7, 11) is -1.56. The van der Waals surface area contributed by atoms with Crippen LogP contribution in [0.2, 0.25) is 18.1 Å². The SMILES string of the molecule is CC(C)(C)[Si](C)(C)OCCCCC1CCCC(=O)C1. The van der Waals surface area contributed by atoms with E-state index < -0.39 is 8.32 Å². The Bertz CT molecular complexity index is 292. The van der Waals surface area contributed by atoms with Crippen LogP contribution in [0.1, 0.15) is 65.7 Å². The van der Waals surface area contributed by atoms with Gasteiger partial charge in [0.1, 0.15) is 5.78 Å². The van der Waals surface area contributed by atoms with Crippen LogP contribution in [-0.2, 0) is 9.22 Å². The smallest absolute Gasteiger partial charge is 0.191 e. The number of Topliss-reactive ketones (excluding diaryl/α,β-unsaturated/α-hetero) is 1. The van der Waals surface area contributed by atoms with E-state index in [1.54, 1.807) is 0 Å². The van der Waals surface area contributed by atoms with Crippen molar-refractivity contribution in [2.75, 3.05) is 6.61 Å². The van der Waals surface area contributed by atoms with Crippen LogP contribution >= 0.6 is 0 Å². The van der Waals surface area contributed by atoms with Gasteiger partial charge in [-0.1, -0.05) is 27.2 Å². The maximum absolute atomic E-state index is 11.4. The molecule has 0 aromatic rings. The van der Waals surface area contributed by atoms with Crippen molar-refractivity contribution in [2.24, 2.45) is 5.92 Å². The van der Waals surface area contributed by atoms with Crippen molar-refractivity contribution in [2.45, 2.75) is 83.8 Å². The molecule has 0 saturated heterocycles. The van der Waals surface area contributed by atoms with Crippen LogP contribution in [0.15, 0.2) is 0 Å². The molecule has 0 amide bonds. The minimum Gasteiger partial charge on any atom is -0.417 e. The highest BCUT2D eigenvalue weighted by Crippen LogP contribution is 2.36. The normalized spacial score (nSPS) is 21.7. The van der Waals surface area contributed by atoms with Gasteiger partial charge in [0.2, 0.25) is 0 Å². The minimum absolute atomic E-state index is 0.308. The van der Waals surface area contributed by atoms with Gasteiger partial charge in [-0.2, -0.15) is 0 Å². The highest BCUT2D eigenvalue weighted by atomic mass is 28.4. The van der Waals surface area contributed by atoms with Gasteiger partial charge < -0.3 is 4.43 Å². The zero-order chi connectivity index (χ0) is 14.5. The third-order valence-corrected chi connectivity index (χ3v) is 9.40. The molecule has 1 fully saturated rings. The predicted molar refractivity (Wildman–Crippen MR) is 84.0 cm³/mol. The Morgan fingerprint density at radius 1 is 1.26 bits per heavy atom. The van der Waals surface area contributed by atoms with Gasteiger partial charge in [0, 0.05) is 19.4 Å². The Kier molecular flexibility index (Phi) is 6.25. The van der Waals surface area contributed by atoms with E-state index in [4.69, 9.17) is 4.43 Å². The molecule has 1 unspecified atom stereocenters. The molecule has 2 nitrogen and oxygen atoms in total. The second-order valence-electron chi connectivity index (χ2n) is 7.61. The van der Waals surface area contributed by atoms with Gasteiger partial charge in [0.25, 0.3) is 0 Å². The van der Waals surface area contributed by atoms with E-state index in [2.05, 4.69) is 33.9 Å². The second kappa shape index (κ2) is 7.03. The summed E-state index contributed by atoms with van der Waals surface area (Å²) in [4.78, 5) is 11.4. The summed E-state index contributed by atoms with van der Waals surface area (Å²) in [5, 5.41) is 0.308. The number of hydrogen-bond donors (Lipinski definition) is 0. The fourth-order valence-electron chi connectivity index (χ4n) is 2.44. The van der Waals surface area contributed by atoms with Crippen molar-refractivity contribution in [3.05, 3.63) is 0 Å². The Balaban J connectivity index is 2.13. The zero-order valence-electron chi connectivity index (χ0n) is 13.6. The highest BCUT2D eigenvalue weighted by molar-refractivity contribution is 6.74. The van der Waals surface area contributed by atoms with Gasteiger partial charge in [0.05, 0.1) is 0 Å². The topological polar surface area (TPSA) is 26.3 Å². The van der Waals surface area contributed by atoms with Crippen LogP contribution in [0.25, 0.3) is 0 Å². The third kappa shape index (κ3) is 5.78. The van der Waals surface area contributed by atoms with Crippen molar-refractivity contribution in [1.82, 2.24) is 0 Å². The van der Waals surface area contributed by atoms with Crippen molar-refractivity contribution in [1.29, 1.82) is 0 Å². The molecule has 0 bridgehead atoms. The fraction of sp³-hybridized carbons (Fsp3) is 0.938. The quantitative estimate of drug-likeness (QED) is 0.510. The van der Waals surface area contributed by atoms with Crippen molar-refractivity contribution in [3.63, 3.8) is 0 Å². The second-order valence-corrected chi connectivity index (χ2v) is 12.4. The van der Waals surface area contributed by atoms with Crippen LogP contribution in [0.3, 0.4) is 0 Å². The lowest BCUT2D eigenvalue weighted by Gasteiger charge is -2.36. The molecule has 1 aliphatic carbocycles.